The van der Waals surface area contributed by atoms with Crippen LogP contribution in [0.5, 0.6) is 11.5 Å². The van der Waals surface area contributed by atoms with E-state index in [-0.39, 0.29) is 6.10 Å². The van der Waals surface area contributed by atoms with Crippen molar-refractivity contribution in [3.8, 4) is 17.6 Å². The number of hydrogen-bond acceptors (Lipinski definition) is 3. The Hall–Kier alpha value is -2.00. The second-order valence-electron chi connectivity index (χ2n) is 5.74. The topological polar surface area (TPSA) is 42.2 Å². The summed E-state index contributed by atoms with van der Waals surface area (Å²) >= 11 is 2.23. The lowest BCUT2D eigenvalue weighted by atomic mass is 10.0. The average molecular weight is 433 g/mol. The van der Waals surface area contributed by atoms with E-state index in [4.69, 9.17) is 9.47 Å². The second-order valence-corrected chi connectivity index (χ2v) is 6.90. The summed E-state index contributed by atoms with van der Waals surface area (Å²) in [7, 11) is 1.62. The fraction of sp³-hybridized carbons (Fsp3) is 0.250. The third kappa shape index (κ3) is 4.51. The molecule has 0 aliphatic heterocycles. The zero-order valence-electron chi connectivity index (χ0n) is 14.3. The molecule has 0 atom stereocenters. The van der Waals surface area contributed by atoms with Crippen molar-refractivity contribution in [1.29, 1.82) is 5.26 Å². The first-order valence-corrected chi connectivity index (χ1v) is 8.75. The average Bonchev–Trinajstić information content (AvgIpc) is 2.55. The predicted molar refractivity (Wildman–Crippen MR) is 106 cm³/mol. The van der Waals surface area contributed by atoms with Gasteiger partial charge in [0, 0.05) is 0 Å². The molecule has 0 aliphatic rings. The molecule has 0 spiro atoms. The molecule has 3 nitrogen and oxygen atoms in total. The van der Waals surface area contributed by atoms with Crippen LogP contribution in [0.3, 0.4) is 0 Å². The lowest BCUT2D eigenvalue weighted by Gasteiger charge is -2.16. The van der Waals surface area contributed by atoms with Gasteiger partial charge in [-0.1, -0.05) is 29.8 Å². The third-order valence-corrected chi connectivity index (χ3v) is 4.20. The fourth-order valence-electron chi connectivity index (χ4n) is 2.25. The molecule has 0 amide bonds. The quantitative estimate of drug-likeness (QED) is 0.357. The molecule has 2 aromatic rings. The van der Waals surface area contributed by atoms with Crippen LogP contribution in [0.25, 0.3) is 11.6 Å². The minimum Gasteiger partial charge on any atom is -0.493 e. The van der Waals surface area contributed by atoms with Crippen molar-refractivity contribution in [1.82, 2.24) is 0 Å². The van der Waals surface area contributed by atoms with Crippen molar-refractivity contribution in [2.24, 2.45) is 0 Å². The van der Waals surface area contributed by atoms with E-state index in [0.29, 0.717) is 11.3 Å². The van der Waals surface area contributed by atoms with E-state index in [1.54, 1.807) is 7.11 Å². The molecule has 24 heavy (non-hydrogen) atoms. The minimum absolute atomic E-state index is 0.0658. The molecule has 0 saturated carbocycles. The minimum atomic E-state index is 0.0658. The van der Waals surface area contributed by atoms with Gasteiger partial charge < -0.3 is 9.47 Å². The predicted octanol–water partition coefficient (Wildman–Crippen LogP) is 5.46. The summed E-state index contributed by atoms with van der Waals surface area (Å²) < 4.78 is 12.2. The summed E-state index contributed by atoms with van der Waals surface area (Å²) in [6.45, 7) is 5.99. The standard InChI is InChI=1S/C20H20INO2/c1-13(2)24-20-18(21)10-15(11-19(20)23-4)9-17(12-22)16-7-5-14(3)6-8-16/h5-11,13H,1-4H3/b17-9-. The van der Waals surface area contributed by atoms with Crippen LogP contribution in [-0.2, 0) is 0 Å². The SMILES string of the molecule is COc1cc(/C=C(/C#N)c2ccc(C)cc2)cc(I)c1OC(C)C. The van der Waals surface area contributed by atoms with Crippen molar-refractivity contribution >= 4 is 34.2 Å². The van der Waals surface area contributed by atoms with Crippen LogP contribution in [0.1, 0.15) is 30.5 Å². The number of ether oxygens (including phenoxy) is 2. The summed E-state index contributed by atoms with van der Waals surface area (Å²) in [5.41, 5.74) is 3.59. The lowest BCUT2D eigenvalue weighted by molar-refractivity contribution is 0.228. The van der Waals surface area contributed by atoms with Gasteiger partial charge in [-0.3, -0.25) is 0 Å². The van der Waals surface area contributed by atoms with Gasteiger partial charge in [-0.15, -0.1) is 0 Å². The number of hydrogen-bond donors (Lipinski definition) is 0. The largest absolute Gasteiger partial charge is 0.493 e. The van der Waals surface area contributed by atoms with Crippen molar-refractivity contribution in [3.63, 3.8) is 0 Å². The molecule has 0 fully saturated rings. The van der Waals surface area contributed by atoms with Gasteiger partial charge in [0.25, 0.3) is 0 Å². The van der Waals surface area contributed by atoms with E-state index < -0.39 is 0 Å². The first-order valence-electron chi connectivity index (χ1n) is 7.67. The van der Waals surface area contributed by atoms with E-state index in [2.05, 4.69) is 28.7 Å². The molecule has 0 N–H and O–H groups in total. The van der Waals surface area contributed by atoms with E-state index in [1.165, 1.54) is 5.56 Å². The summed E-state index contributed by atoms with van der Waals surface area (Å²) in [4.78, 5) is 0. The highest BCUT2D eigenvalue weighted by Gasteiger charge is 2.13. The van der Waals surface area contributed by atoms with Gasteiger partial charge in [0.1, 0.15) is 0 Å². The van der Waals surface area contributed by atoms with Crippen LogP contribution < -0.4 is 9.47 Å². The maximum absolute atomic E-state index is 9.50. The van der Waals surface area contributed by atoms with Crippen molar-refractivity contribution in [2.45, 2.75) is 26.9 Å². The maximum Gasteiger partial charge on any atom is 0.174 e. The van der Waals surface area contributed by atoms with Gasteiger partial charge in [-0.2, -0.15) is 5.26 Å². The van der Waals surface area contributed by atoms with Gasteiger partial charge in [0.15, 0.2) is 11.5 Å². The molecule has 0 heterocycles. The normalized spacial score (nSPS) is 11.3. The number of allylic oxidation sites excluding steroid dienone is 1. The zero-order chi connectivity index (χ0) is 17.7. The number of halogens is 1. The first-order chi connectivity index (χ1) is 11.4. The molecule has 0 bridgehead atoms. The molecule has 4 heteroatoms. The van der Waals surface area contributed by atoms with E-state index in [0.717, 1.165) is 20.4 Å². The molecule has 0 radical (unpaired) electrons. The molecule has 2 aromatic carbocycles. The van der Waals surface area contributed by atoms with Gasteiger partial charge in [0.2, 0.25) is 0 Å². The van der Waals surface area contributed by atoms with Crippen molar-refractivity contribution < 1.29 is 9.47 Å². The summed E-state index contributed by atoms with van der Waals surface area (Å²) in [6, 6.07) is 14.1. The Labute approximate surface area is 157 Å². The molecular formula is C20H20INO2. The summed E-state index contributed by atoms with van der Waals surface area (Å²) in [6.07, 6.45) is 1.94. The number of nitrogens with zero attached hydrogens (tertiary/aromatic N) is 1. The number of aryl methyl sites for hydroxylation is 1. The van der Waals surface area contributed by atoms with Crippen LogP contribution in [-0.4, -0.2) is 13.2 Å². The van der Waals surface area contributed by atoms with E-state index in [9.17, 15) is 5.26 Å². The Morgan fingerprint density at radius 3 is 2.42 bits per heavy atom. The number of benzene rings is 2. The van der Waals surface area contributed by atoms with Crippen molar-refractivity contribution in [2.75, 3.05) is 7.11 Å². The molecule has 0 aromatic heterocycles. The number of nitriles is 1. The lowest BCUT2D eigenvalue weighted by Crippen LogP contribution is -2.08. The van der Waals surface area contributed by atoms with Gasteiger partial charge in [-0.25, -0.2) is 0 Å². The van der Waals surface area contributed by atoms with Crippen LogP contribution in [0.15, 0.2) is 36.4 Å². The first kappa shape index (κ1) is 18.3. The van der Waals surface area contributed by atoms with Crippen molar-refractivity contribution in [3.05, 3.63) is 56.7 Å². The Kier molecular flexibility index (Phi) is 6.27. The summed E-state index contributed by atoms with van der Waals surface area (Å²) in [5, 5.41) is 9.50. The zero-order valence-corrected chi connectivity index (χ0v) is 16.4. The number of rotatable bonds is 5. The molecule has 2 rings (SSSR count). The second kappa shape index (κ2) is 8.20. The Bertz CT molecular complexity index is 787. The molecule has 0 aliphatic carbocycles. The monoisotopic (exact) mass is 433 g/mol. The smallest absolute Gasteiger partial charge is 0.174 e. The van der Waals surface area contributed by atoms with Gasteiger partial charge >= 0.3 is 0 Å². The van der Waals surface area contributed by atoms with Crippen LogP contribution >= 0.6 is 22.6 Å². The molecule has 124 valence electrons. The third-order valence-electron chi connectivity index (χ3n) is 3.40. The Morgan fingerprint density at radius 2 is 1.88 bits per heavy atom. The molecule has 0 saturated heterocycles. The highest BCUT2D eigenvalue weighted by molar-refractivity contribution is 14.1. The van der Waals surface area contributed by atoms with Crippen LogP contribution in [0.2, 0.25) is 0 Å². The maximum atomic E-state index is 9.50. The number of methoxy groups -OCH3 is 1. The Balaban J connectivity index is 2.46. The van der Waals surface area contributed by atoms with Gasteiger partial charge in [-0.05, 0) is 72.7 Å². The van der Waals surface area contributed by atoms with E-state index in [1.807, 2.05) is 63.2 Å². The van der Waals surface area contributed by atoms with Gasteiger partial charge in [0.05, 0.1) is 28.4 Å². The molecular weight excluding hydrogens is 413 g/mol. The van der Waals surface area contributed by atoms with Crippen LogP contribution in [0.4, 0.5) is 0 Å². The fourth-order valence-corrected chi connectivity index (χ4v) is 3.01. The Morgan fingerprint density at radius 1 is 1.21 bits per heavy atom. The van der Waals surface area contributed by atoms with Crippen LogP contribution in [0, 0.1) is 21.8 Å². The summed E-state index contributed by atoms with van der Waals surface area (Å²) in [5.74, 6) is 1.40. The van der Waals surface area contributed by atoms with E-state index >= 15 is 0 Å². The highest BCUT2D eigenvalue weighted by atomic mass is 127. The highest BCUT2D eigenvalue weighted by Crippen LogP contribution is 2.35. The molecule has 0 unspecified atom stereocenters.